The van der Waals surface area contributed by atoms with Crippen molar-refractivity contribution in [3.05, 3.63) is 41.8 Å². The Kier molecular flexibility index (Phi) is 3.88. The van der Waals surface area contributed by atoms with Crippen LogP contribution in [0.4, 0.5) is 0 Å². The Morgan fingerprint density at radius 1 is 0.818 bits per heavy atom. The van der Waals surface area contributed by atoms with E-state index in [1.54, 1.807) is 24.3 Å². The lowest BCUT2D eigenvalue weighted by Gasteiger charge is -2.08. The number of hydrogen-bond acceptors (Lipinski definition) is 5. The molecule has 0 unspecified atom stereocenters. The lowest BCUT2D eigenvalue weighted by molar-refractivity contribution is -0.00000878. The Bertz CT molecular complexity index is 916. The highest BCUT2D eigenvalue weighted by atomic mass is 35.5. The summed E-state index contributed by atoms with van der Waals surface area (Å²) in [5.41, 5.74) is -0.183. The molecule has 1 aromatic heterocycles. The zero-order valence-electron chi connectivity index (χ0n) is 11.0. The van der Waals surface area contributed by atoms with Gasteiger partial charge in [-0.15, -0.1) is 0 Å². The summed E-state index contributed by atoms with van der Waals surface area (Å²) in [4.78, 5) is 10.0. The average molecular weight is 323 g/mol. The largest absolute Gasteiger partial charge is 1.00 e. The second-order valence-corrected chi connectivity index (χ2v) is 4.45. The fraction of sp³-hybridized carbons (Fsp3) is 0. The number of halogens is 1. The second-order valence-electron chi connectivity index (χ2n) is 4.45. The van der Waals surface area contributed by atoms with Crippen LogP contribution in [0.15, 0.2) is 40.8 Å². The van der Waals surface area contributed by atoms with Gasteiger partial charge in [-0.05, 0) is 24.3 Å². The molecule has 0 aliphatic heterocycles. The van der Waals surface area contributed by atoms with Gasteiger partial charge in [0.05, 0.1) is 5.56 Å². The third kappa shape index (κ3) is 2.19. The number of fused-ring (bicyclic) bond motifs is 1. The Balaban J connectivity index is 0.00000176. The van der Waals surface area contributed by atoms with Crippen LogP contribution in [-0.4, -0.2) is 25.2 Å². The van der Waals surface area contributed by atoms with Crippen LogP contribution in [0, 0.1) is 0 Å². The van der Waals surface area contributed by atoms with Gasteiger partial charge in [0.1, 0.15) is 11.0 Å². The molecule has 0 aliphatic carbocycles. The number of hydrogen-bond donors (Lipinski definition) is 4. The highest BCUT2D eigenvalue weighted by Gasteiger charge is 2.23. The van der Waals surface area contributed by atoms with E-state index >= 15 is 0 Å². The van der Waals surface area contributed by atoms with E-state index < -0.39 is 28.4 Å². The van der Waals surface area contributed by atoms with Crippen molar-refractivity contribution < 1.29 is 42.0 Å². The number of phenols is 3. The fourth-order valence-corrected chi connectivity index (χ4v) is 2.08. The molecule has 0 fully saturated rings. The van der Waals surface area contributed by atoms with Crippen LogP contribution in [-0.2, 0) is 0 Å². The number of benzene rings is 2. The molecule has 0 spiro atoms. The summed E-state index contributed by atoms with van der Waals surface area (Å²) in [7, 11) is 0. The van der Waals surface area contributed by atoms with E-state index in [0.717, 1.165) is 6.07 Å². The van der Waals surface area contributed by atoms with Crippen LogP contribution in [0.2, 0.25) is 0 Å². The first kappa shape index (κ1) is 15.5. The van der Waals surface area contributed by atoms with Gasteiger partial charge in [-0.1, -0.05) is 12.1 Å². The first-order valence-corrected chi connectivity index (χ1v) is 6.01. The van der Waals surface area contributed by atoms with Gasteiger partial charge in [-0.3, -0.25) is 4.79 Å². The number of phenolic OH excluding ortho intramolecular Hbond substituents is 3. The quantitative estimate of drug-likeness (QED) is 0.336. The Morgan fingerprint density at radius 2 is 1.50 bits per heavy atom. The van der Waals surface area contributed by atoms with Crippen molar-refractivity contribution >= 4 is 11.0 Å². The van der Waals surface area contributed by atoms with Gasteiger partial charge in [0.2, 0.25) is 5.75 Å². The molecular formula is C15H11ClO6. The molecule has 3 rings (SSSR count). The van der Waals surface area contributed by atoms with E-state index in [9.17, 15) is 25.2 Å². The summed E-state index contributed by atoms with van der Waals surface area (Å²) in [6.45, 7) is 0. The van der Waals surface area contributed by atoms with Gasteiger partial charge in [-0.2, -0.15) is 0 Å². The molecule has 3 aromatic rings. The Labute approximate surface area is 129 Å². The summed E-state index contributed by atoms with van der Waals surface area (Å²) in [6, 6.07) is 8.87. The normalized spacial score (nSPS) is 10.4. The molecule has 0 radical (unpaired) electrons. The maximum absolute atomic E-state index is 10.0. The smallest absolute Gasteiger partial charge is 0.396 e. The molecule has 0 aliphatic rings. The monoisotopic (exact) mass is 322 g/mol. The van der Waals surface area contributed by atoms with Crippen LogP contribution in [0.1, 0.15) is 0 Å². The number of aromatic hydroxyl groups is 4. The van der Waals surface area contributed by atoms with E-state index in [4.69, 9.17) is 4.42 Å². The molecule has 22 heavy (non-hydrogen) atoms. The molecule has 1 heterocycles. The summed E-state index contributed by atoms with van der Waals surface area (Å²) in [6.07, 6.45) is 0. The van der Waals surface area contributed by atoms with Crippen LogP contribution >= 0.6 is 0 Å². The highest BCUT2D eigenvalue weighted by Crippen LogP contribution is 2.44. The van der Waals surface area contributed by atoms with Gasteiger partial charge >= 0.3 is 5.43 Å². The molecule has 2 aromatic carbocycles. The second kappa shape index (κ2) is 5.50. The topological polar surface area (TPSA) is 115 Å². The van der Waals surface area contributed by atoms with E-state index in [2.05, 4.69) is 0 Å². The van der Waals surface area contributed by atoms with E-state index in [1.165, 1.54) is 6.07 Å². The first-order chi connectivity index (χ1) is 10.0. The predicted molar refractivity (Wildman–Crippen MR) is 73.4 cm³/mol. The van der Waals surface area contributed by atoms with E-state index in [0.29, 0.717) is 5.39 Å². The maximum atomic E-state index is 10.0. The number of rotatable bonds is 1. The van der Waals surface area contributed by atoms with Crippen LogP contribution in [0.5, 0.6) is 23.0 Å². The van der Waals surface area contributed by atoms with Crippen molar-refractivity contribution in [3.8, 4) is 34.3 Å². The van der Waals surface area contributed by atoms with Gasteiger partial charge in [0.15, 0.2) is 17.3 Å². The molecule has 0 saturated heterocycles. The minimum absolute atomic E-state index is 0. The summed E-state index contributed by atoms with van der Waals surface area (Å²) < 4.78 is 5.47. The third-order valence-corrected chi connectivity index (χ3v) is 3.17. The predicted octanol–water partition coefficient (Wildman–Crippen LogP) is -1.07. The third-order valence-electron chi connectivity index (χ3n) is 3.17. The van der Waals surface area contributed by atoms with Crippen molar-refractivity contribution in [1.82, 2.24) is 0 Å². The lowest BCUT2D eigenvalue weighted by atomic mass is 10.1. The Hall–Kier alpha value is -2.86. The standard InChI is InChI=1S/C15H10O6.ClH/c16-9-6-5-8(12(18)13(9)19)15-14(20)11(17)7-3-1-2-4-10(7)21-15;/h1-6,16,18-20H;1H. The molecule has 0 amide bonds. The summed E-state index contributed by atoms with van der Waals surface area (Å²) in [5, 5.41) is 39.0. The van der Waals surface area contributed by atoms with Gasteiger partial charge in [0, 0.05) is 0 Å². The average Bonchev–Trinajstić information content (AvgIpc) is 2.49. The van der Waals surface area contributed by atoms with Crippen LogP contribution in [0.25, 0.3) is 22.3 Å². The van der Waals surface area contributed by atoms with E-state index in [-0.39, 0.29) is 29.3 Å². The number of para-hydroxylation sites is 1. The molecule has 0 bridgehead atoms. The van der Waals surface area contributed by atoms with Crippen molar-refractivity contribution in [2.75, 3.05) is 0 Å². The highest BCUT2D eigenvalue weighted by molar-refractivity contribution is 5.83. The van der Waals surface area contributed by atoms with Crippen molar-refractivity contribution in [1.29, 1.82) is 0 Å². The van der Waals surface area contributed by atoms with Gasteiger partial charge < -0.3 is 37.3 Å². The lowest BCUT2D eigenvalue weighted by Crippen LogP contribution is -3.00. The van der Waals surface area contributed by atoms with Gasteiger partial charge in [-0.25, -0.2) is 0 Å². The molecule has 0 saturated carbocycles. The SMILES string of the molecule is Oc1ccc(-c2oc3ccccc3c(=[OH+])c2O)c(O)c1O.[Cl-]. The van der Waals surface area contributed by atoms with Crippen LogP contribution < -0.4 is 17.8 Å². The molecule has 0 atom stereocenters. The van der Waals surface area contributed by atoms with E-state index in [1.807, 2.05) is 0 Å². The zero-order chi connectivity index (χ0) is 15.1. The first-order valence-electron chi connectivity index (χ1n) is 6.01. The minimum Gasteiger partial charge on any atom is -1.00 e. The molecule has 6 nitrogen and oxygen atoms in total. The Morgan fingerprint density at radius 3 is 2.23 bits per heavy atom. The van der Waals surface area contributed by atoms with Gasteiger partial charge in [0.25, 0.3) is 5.75 Å². The summed E-state index contributed by atoms with van der Waals surface area (Å²) >= 11 is 0. The van der Waals surface area contributed by atoms with Crippen molar-refractivity contribution in [2.45, 2.75) is 0 Å². The molecule has 7 heteroatoms. The zero-order valence-corrected chi connectivity index (χ0v) is 11.7. The summed E-state index contributed by atoms with van der Waals surface area (Å²) in [5.74, 6) is -2.72. The van der Waals surface area contributed by atoms with Crippen molar-refractivity contribution in [2.24, 2.45) is 0 Å². The maximum Gasteiger partial charge on any atom is 0.396 e. The molecular weight excluding hydrogens is 312 g/mol. The minimum atomic E-state index is -0.741. The van der Waals surface area contributed by atoms with Crippen molar-refractivity contribution in [3.63, 3.8) is 0 Å². The molecule has 114 valence electrons. The molecule has 5 N–H and O–H groups in total. The van der Waals surface area contributed by atoms with Crippen LogP contribution in [0.3, 0.4) is 0 Å². The fourth-order valence-electron chi connectivity index (χ4n) is 2.08.